The molecule has 2 aromatic rings. The van der Waals surface area contributed by atoms with Crippen LogP contribution in [-0.4, -0.2) is 19.6 Å². The number of nitrogens with one attached hydrogen (secondary N) is 2. The maximum Gasteiger partial charge on any atom is 0.267 e. The molecule has 4 N–H and O–H groups in total. The number of halogens is 1. The zero-order valence-electron chi connectivity index (χ0n) is 14.3. The first-order chi connectivity index (χ1) is 12.5. The molecule has 0 aliphatic rings. The van der Waals surface area contributed by atoms with E-state index in [9.17, 15) is 10.1 Å². The summed E-state index contributed by atoms with van der Waals surface area (Å²) in [5.74, 6) is 0.273. The maximum absolute atomic E-state index is 12.2. The quantitative estimate of drug-likeness (QED) is 0.301. The van der Waals surface area contributed by atoms with E-state index in [-0.39, 0.29) is 5.57 Å². The van der Waals surface area contributed by atoms with Gasteiger partial charge in [-0.05, 0) is 36.2 Å². The summed E-state index contributed by atoms with van der Waals surface area (Å²) in [5, 5.41) is 15.1. The molecule has 0 spiro atoms. The van der Waals surface area contributed by atoms with Crippen molar-refractivity contribution in [2.24, 2.45) is 0 Å². The third-order valence-electron chi connectivity index (χ3n) is 3.60. The smallest absolute Gasteiger partial charge is 0.267 e. The Labute approximate surface area is 157 Å². The summed E-state index contributed by atoms with van der Waals surface area (Å²) in [6.07, 6.45) is 2.08. The highest BCUT2D eigenvalue weighted by molar-refractivity contribution is 6.33. The minimum atomic E-state index is -0.530. The molecule has 0 atom stereocenters. The van der Waals surface area contributed by atoms with Crippen LogP contribution >= 0.6 is 11.6 Å². The number of rotatable bonds is 7. The largest absolute Gasteiger partial charge is 0.496 e. The van der Waals surface area contributed by atoms with Crippen molar-refractivity contribution in [3.63, 3.8) is 0 Å². The number of benzene rings is 2. The van der Waals surface area contributed by atoms with Crippen LogP contribution in [0.15, 0.2) is 54.2 Å². The predicted molar refractivity (Wildman–Crippen MR) is 103 cm³/mol. The van der Waals surface area contributed by atoms with E-state index in [2.05, 4.69) is 10.6 Å². The van der Waals surface area contributed by atoms with Gasteiger partial charge in [-0.1, -0.05) is 29.8 Å². The lowest BCUT2D eigenvalue weighted by molar-refractivity contribution is -0.112. The Morgan fingerprint density at radius 2 is 2.12 bits per heavy atom. The Morgan fingerprint density at radius 3 is 2.81 bits per heavy atom. The molecule has 6 nitrogen and oxygen atoms in total. The third-order valence-corrected chi connectivity index (χ3v) is 3.93. The van der Waals surface area contributed by atoms with Gasteiger partial charge in [-0.2, -0.15) is 5.26 Å². The first-order valence-electron chi connectivity index (χ1n) is 7.87. The molecule has 0 radical (unpaired) electrons. The molecule has 0 bridgehead atoms. The number of nitrogen functional groups attached to an aromatic ring is 1. The number of methoxy groups -OCH3 is 1. The van der Waals surface area contributed by atoms with Crippen molar-refractivity contribution in [1.29, 1.82) is 5.26 Å². The van der Waals surface area contributed by atoms with Crippen LogP contribution in [0.4, 0.5) is 11.4 Å². The highest BCUT2D eigenvalue weighted by atomic mass is 35.5. The average molecular weight is 371 g/mol. The fourth-order valence-corrected chi connectivity index (χ4v) is 2.42. The van der Waals surface area contributed by atoms with Crippen molar-refractivity contribution >= 4 is 28.9 Å². The Hall–Kier alpha value is -3.17. The number of hydrogen-bond donors (Lipinski definition) is 3. The molecular weight excluding hydrogens is 352 g/mol. The van der Waals surface area contributed by atoms with Crippen molar-refractivity contribution < 1.29 is 9.53 Å². The van der Waals surface area contributed by atoms with Gasteiger partial charge in [-0.15, -0.1) is 0 Å². The number of nitriles is 1. The Morgan fingerprint density at radius 1 is 1.35 bits per heavy atom. The second-order valence-corrected chi connectivity index (χ2v) is 5.78. The molecule has 7 heteroatoms. The number of para-hydroxylation sites is 1. The summed E-state index contributed by atoms with van der Waals surface area (Å²) in [7, 11) is 1.62. The predicted octanol–water partition coefficient (Wildman–Crippen LogP) is 3.11. The van der Waals surface area contributed by atoms with Gasteiger partial charge in [0.05, 0.1) is 17.8 Å². The topological polar surface area (TPSA) is 100 Å². The maximum atomic E-state index is 12.2. The van der Waals surface area contributed by atoms with Crippen LogP contribution in [0.1, 0.15) is 5.56 Å². The van der Waals surface area contributed by atoms with Crippen LogP contribution in [0.3, 0.4) is 0 Å². The molecule has 0 aliphatic heterocycles. The van der Waals surface area contributed by atoms with Crippen molar-refractivity contribution in [3.05, 3.63) is 64.8 Å². The van der Waals surface area contributed by atoms with Gasteiger partial charge in [0.15, 0.2) is 0 Å². The zero-order chi connectivity index (χ0) is 18.9. The lowest BCUT2D eigenvalue weighted by atomic mass is 10.1. The number of carbonyl (C=O) groups excluding carboxylic acids is 1. The van der Waals surface area contributed by atoms with Crippen LogP contribution in [0, 0.1) is 11.3 Å². The molecular formula is C19H19ClN4O2. The molecule has 0 aliphatic carbocycles. The van der Waals surface area contributed by atoms with E-state index in [4.69, 9.17) is 22.1 Å². The van der Waals surface area contributed by atoms with Gasteiger partial charge in [-0.25, -0.2) is 0 Å². The lowest BCUT2D eigenvalue weighted by Crippen LogP contribution is -2.18. The Kier molecular flexibility index (Phi) is 6.89. The van der Waals surface area contributed by atoms with Crippen LogP contribution < -0.4 is 21.1 Å². The minimum absolute atomic E-state index is 0.0435. The molecule has 1 amide bonds. The van der Waals surface area contributed by atoms with E-state index in [1.54, 1.807) is 19.2 Å². The van der Waals surface area contributed by atoms with Gasteiger partial charge in [0, 0.05) is 18.4 Å². The number of anilines is 2. The van der Waals surface area contributed by atoms with Crippen LogP contribution in [0.5, 0.6) is 5.75 Å². The van der Waals surface area contributed by atoms with Crippen molar-refractivity contribution in [3.8, 4) is 11.8 Å². The van der Waals surface area contributed by atoms with Crippen LogP contribution in [-0.2, 0) is 11.2 Å². The molecule has 0 saturated carbocycles. The van der Waals surface area contributed by atoms with Gasteiger partial charge in [-0.3, -0.25) is 4.79 Å². The molecule has 0 unspecified atom stereocenters. The summed E-state index contributed by atoms with van der Waals surface area (Å²) in [5.41, 5.74) is 7.50. The van der Waals surface area contributed by atoms with Gasteiger partial charge >= 0.3 is 0 Å². The first-order valence-corrected chi connectivity index (χ1v) is 8.25. The number of carbonyl (C=O) groups is 1. The average Bonchev–Trinajstić information content (AvgIpc) is 2.65. The summed E-state index contributed by atoms with van der Waals surface area (Å²) >= 11 is 5.92. The summed E-state index contributed by atoms with van der Waals surface area (Å²) < 4.78 is 5.29. The fourth-order valence-electron chi connectivity index (χ4n) is 2.24. The zero-order valence-corrected chi connectivity index (χ0v) is 15.0. The molecule has 0 heterocycles. The molecule has 0 saturated heterocycles. The lowest BCUT2D eigenvalue weighted by Gasteiger charge is -2.08. The van der Waals surface area contributed by atoms with Crippen molar-refractivity contribution in [2.45, 2.75) is 6.42 Å². The van der Waals surface area contributed by atoms with E-state index >= 15 is 0 Å². The summed E-state index contributed by atoms with van der Waals surface area (Å²) in [4.78, 5) is 12.2. The monoisotopic (exact) mass is 370 g/mol. The van der Waals surface area contributed by atoms with E-state index in [1.165, 1.54) is 12.3 Å². The second kappa shape index (κ2) is 9.35. The molecule has 2 rings (SSSR count). The molecule has 134 valence electrons. The Balaban J connectivity index is 1.93. The molecule has 26 heavy (non-hydrogen) atoms. The Bertz CT molecular complexity index is 859. The number of hydrogen-bond acceptors (Lipinski definition) is 5. The fraction of sp³-hybridized carbons (Fsp3) is 0.158. The summed E-state index contributed by atoms with van der Waals surface area (Å²) in [6, 6.07) is 14.3. The minimum Gasteiger partial charge on any atom is -0.496 e. The number of nitrogens with zero attached hydrogens (tertiary/aromatic N) is 1. The van der Waals surface area contributed by atoms with Gasteiger partial charge in [0.25, 0.3) is 5.91 Å². The van der Waals surface area contributed by atoms with Crippen LogP contribution in [0.25, 0.3) is 0 Å². The van der Waals surface area contributed by atoms with E-state index < -0.39 is 5.91 Å². The third kappa shape index (κ3) is 5.16. The molecule has 0 aromatic heterocycles. The van der Waals surface area contributed by atoms with Crippen molar-refractivity contribution in [1.82, 2.24) is 5.32 Å². The highest BCUT2D eigenvalue weighted by Gasteiger charge is 2.10. The van der Waals surface area contributed by atoms with Crippen LogP contribution in [0.2, 0.25) is 5.02 Å². The summed E-state index contributed by atoms with van der Waals surface area (Å²) in [6.45, 7) is 0.548. The standard InChI is InChI=1S/C19H19ClN4O2/c1-26-18-5-3-2-4-13(18)8-9-23-12-14(11-21)19(25)24-15-6-7-17(22)16(20)10-15/h2-7,10,12,23H,8-9,22H2,1H3,(H,24,25)/b14-12-. The van der Waals surface area contributed by atoms with Gasteiger partial charge in [0.2, 0.25) is 0 Å². The van der Waals surface area contributed by atoms with E-state index in [0.717, 1.165) is 11.3 Å². The van der Waals surface area contributed by atoms with E-state index in [1.807, 2.05) is 30.3 Å². The SMILES string of the molecule is COc1ccccc1CCN/C=C(/C#N)C(=O)Nc1ccc(N)c(Cl)c1. The second-order valence-electron chi connectivity index (χ2n) is 5.38. The molecule has 0 fully saturated rings. The number of amides is 1. The highest BCUT2D eigenvalue weighted by Crippen LogP contribution is 2.22. The number of ether oxygens (including phenoxy) is 1. The van der Waals surface area contributed by atoms with Gasteiger partial charge in [0.1, 0.15) is 17.4 Å². The normalized spacial score (nSPS) is 10.7. The first kappa shape index (κ1) is 19.2. The van der Waals surface area contributed by atoms with Crippen molar-refractivity contribution in [2.75, 3.05) is 24.7 Å². The molecule has 2 aromatic carbocycles. The number of nitrogens with two attached hydrogens (primary N) is 1. The van der Waals surface area contributed by atoms with Gasteiger partial charge < -0.3 is 21.1 Å². The van der Waals surface area contributed by atoms with E-state index in [0.29, 0.717) is 29.4 Å².